The van der Waals surface area contributed by atoms with Gasteiger partial charge in [0.05, 0.1) is 11.4 Å². The number of hydrogen-bond acceptors (Lipinski definition) is 12. The van der Waals surface area contributed by atoms with Gasteiger partial charge in [-0.1, -0.05) is 72.8 Å². The monoisotopic (exact) mass is 900 g/mol. The molecule has 20 heteroatoms. The van der Waals surface area contributed by atoms with Crippen LogP contribution in [0.25, 0.3) is 32.7 Å². The van der Waals surface area contributed by atoms with Gasteiger partial charge in [-0.2, -0.15) is 16.8 Å². The Hall–Kier alpha value is -4.40. The Labute approximate surface area is 401 Å². The summed E-state index contributed by atoms with van der Waals surface area (Å²) < 4.78 is 85.8. The Balaban J connectivity index is 0.00000211. The molecule has 14 nitrogen and oxygen atoms in total. The third kappa shape index (κ3) is 10.0. The van der Waals surface area contributed by atoms with Crippen molar-refractivity contribution in [2.75, 3.05) is 8.84 Å². The summed E-state index contributed by atoms with van der Waals surface area (Å²) in [5.74, 6) is 1.38. The van der Waals surface area contributed by atoms with Gasteiger partial charge in [0, 0.05) is 46.8 Å². The van der Waals surface area contributed by atoms with Crippen LogP contribution in [0.15, 0.2) is 156 Å². The maximum Gasteiger partial charge on any atom is 1.00 e. The molecule has 6 aromatic carbocycles. The molecular weight excluding hydrogens is 873 g/mol. The summed E-state index contributed by atoms with van der Waals surface area (Å²) in [5.41, 5.74) is -0.549. The molecule has 60 heavy (non-hydrogen) atoms. The number of aromatic nitrogens is 4. The molecule has 0 fully saturated rings. The number of benzene rings is 6. The number of nitrogens with zero attached hydrogens (tertiary/aromatic N) is 6. The Morgan fingerprint density at radius 1 is 0.483 bits per heavy atom. The van der Waals surface area contributed by atoms with Gasteiger partial charge in [0.25, 0.3) is 20.2 Å². The van der Waals surface area contributed by atoms with Gasteiger partial charge < -0.3 is 12.3 Å². The smallest absolute Gasteiger partial charge is 1.00 e. The normalized spacial score (nSPS) is 11.3. The van der Waals surface area contributed by atoms with Crippen LogP contribution in [0.4, 0.5) is 23.0 Å². The van der Waals surface area contributed by atoms with E-state index in [1.54, 1.807) is 12.1 Å². The second kappa shape index (κ2) is 18.7. The summed E-state index contributed by atoms with van der Waals surface area (Å²) in [6.07, 6.45) is 2.39. The van der Waals surface area contributed by atoms with Crippen LogP contribution in [0, 0.1) is 0 Å². The van der Waals surface area contributed by atoms with E-state index in [4.69, 9.17) is 33.0 Å². The molecule has 0 aliphatic carbocycles. The second-order valence-corrected chi connectivity index (χ2v) is 16.0. The summed E-state index contributed by atoms with van der Waals surface area (Å²) >= 11 is 13.3. The molecule has 0 unspecified atom stereocenters. The third-order valence-corrected chi connectivity index (χ3v) is 11.3. The van der Waals surface area contributed by atoms with Gasteiger partial charge in [-0.05, 0) is 70.1 Å². The summed E-state index contributed by atoms with van der Waals surface area (Å²) in [6.45, 7) is 0. The van der Waals surface area contributed by atoms with E-state index in [2.05, 4.69) is 19.9 Å². The van der Waals surface area contributed by atoms with E-state index in [0.29, 0.717) is 11.5 Å². The molecular formula is C40H28Cl2N6Na2O8S2. The van der Waals surface area contributed by atoms with E-state index < -0.39 is 30.0 Å². The fourth-order valence-electron chi connectivity index (χ4n) is 6.09. The van der Waals surface area contributed by atoms with Crippen LogP contribution in [-0.2, 0) is 20.2 Å². The van der Waals surface area contributed by atoms with Crippen LogP contribution in [0.1, 0.15) is 2.85 Å². The van der Waals surface area contributed by atoms with Crippen molar-refractivity contribution in [1.82, 2.24) is 19.9 Å². The van der Waals surface area contributed by atoms with Gasteiger partial charge in [0.1, 0.15) is 33.9 Å². The van der Waals surface area contributed by atoms with E-state index in [-0.39, 0.29) is 108 Å². The molecule has 294 valence electrons. The van der Waals surface area contributed by atoms with Gasteiger partial charge in [0.2, 0.25) is 11.8 Å². The third-order valence-electron chi connectivity index (χ3n) is 8.77. The summed E-state index contributed by atoms with van der Waals surface area (Å²) in [7, 11) is -10.1. The molecule has 0 amide bonds. The van der Waals surface area contributed by atoms with E-state index in [1.807, 2.05) is 72.8 Å². The van der Waals surface area contributed by atoms with Gasteiger partial charge in [0.15, 0.2) is 11.6 Å². The fraction of sp³-hybridized carbons (Fsp3) is 0. The Morgan fingerprint density at radius 3 is 1.25 bits per heavy atom. The molecule has 8 aromatic rings. The topological polar surface area (TPSA) is 185 Å². The molecule has 8 rings (SSSR count). The molecule has 2 N–H and O–H groups in total. The minimum Gasteiger partial charge on any atom is -1.00 e. The summed E-state index contributed by atoms with van der Waals surface area (Å²) in [6, 6.07) is 36.4. The van der Waals surface area contributed by atoms with E-state index >= 15 is 0 Å². The SMILES string of the molecule is O=S(=O)(O)c1cc(N(Cl)c2cc(Oc3ccc4ccccc4c3)ncn2)ccc1-c1ccc(N(Cl)c2cc(Oc3ccc4ccccc4c3)ncn2)cc1S(=O)(=O)O.[H-].[H-].[Na+].[Na+]. The predicted molar refractivity (Wildman–Crippen MR) is 222 cm³/mol. The van der Waals surface area contributed by atoms with Crippen molar-refractivity contribution in [1.29, 1.82) is 0 Å². The Bertz CT molecular complexity index is 2920. The number of hydrogen-bond donors (Lipinski definition) is 2. The molecule has 0 aliphatic heterocycles. The minimum absolute atomic E-state index is 0. The summed E-state index contributed by atoms with van der Waals surface area (Å²) in [5, 5.41) is 3.93. The number of anilines is 4. The molecule has 0 saturated carbocycles. The average Bonchev–Trinajstić information content (AvgIpc) is 3.22. The Kier molecular flexibility index (Phi) is 14.1. The van der Waals surface area contributed by atoms with E-state index in [0.717, 1.165) is 42.5 Å². The molecule has 2 heterocycles. The quantitative estimate of drug-likeness (QED) is 0.107. The van der Waals surface area contributed by atoms with E-state index in [1.165, 1.54) is 49.1 Å². The van der Waals surface area contributed by atoms with Crippen LogP contribution in [-0.4, -0.2) is 45.9 Å². The predicted octanol–water partition coefficient (Wildman–Crippen LogP) is 4.13. The first kappa shape index (κ1) is 45.1. The number of ether oxygens (including phenoxy) is 2. The zero-order valence-corrected chi connectivity index (χ0v) is 38.6. The summed E-state index contributed by atoms with van der Waals surface area (Å²) in [4.78, 5) is 15.1. The number of rotatable bonds is 11. The zero-order valence-electron chi connectivity index (χ0n) is 33.5. The van der Waals surface area contributed by atoms with Gasteiger partial charge in [-0.15, -0.1) is 0 Å². The largest absolute Gasteiger partial charge is 1.00 e. The standard InChI is InChI=1S/C40H26Cl2N6O8S2.2Na.2H/c41-47(37-21-39(45-23-43-37)55-31-13-9-25-5-1-3-7-27(25)17-31)29-11-15-33(35(19-29)57(49,50)51)34-16-12-30(20-36(34)58(52,53)54)48(42)38-22-40(46-24-44-38)56-32-14-10-26-6-2-4-8-28(26)18-32;;;;/h1-24H,(H,49,50,51)(H,52,53,54);;;;/q;2*+1;2*-1. The average molecular weight is 902 g/mol. The van der Waals surface area contributed by atoms with Crippen molar-refractivity contribution in [2.24, 2.45) is 0 Å². The van der Waals surface area contributed by atoms with Crippen molar-refractivity contribution >= 4 is 88.3 Å². The molecule has 0 bridgehead atoms. The molecule has 0 radical (unpaired) electrons. The zero-order chi connectivity index (χ0) is 40.6. The van der Waals surface area contributed by atoms with Crippen molar-refractivity contribution in [3.05, 3.63) is 146 Å². The van der Waals surface area contributed by atoms with Crippen LogP contribution >= 0.6 is 23.6 Å². The maximum atomic E-state index is 12.8. The van der Waals surface area contributed by atoms with Gasteiger partial charge >= 0.3 is 59.1 Å². The molecule has 2 aromatic heterocycles. The molecule has 0 spiro atoms. The van der Waals surface area contributed by atoms with Crippen LogP contribution < -0.4 is 77.4 Å². The Morgan fingerprint density at radius 2 is 0.867 bits per heavy atom. The van der Waals surface area contributed by atoms with Crippen molar-refractivity contribution < 1.29 is 97.4 Å². The molecule has 0 aliphatic rings. The second-order valence-electron chi connectivity index (χ2n) is 12.5. The first-order chi connectivity index (χ1) is 27.8. The minimum atomic E-state index is -5.05. The first-order valence-electron chi connectivity index (χ1n) is 16.9. The molecule has 0 saturated heterocycles. The number of fused-ring (bicyclic) bond motifs is 2. The van der Waals surface area contributed by atoms with Crippen molar-refractivity contribution in [3.8, 4) is 34.4 Å². The van der Waals surface area contributed by atoms with Crippen LogP contribution in [0.5, 0.6) is 23.3 Å². The van der Waals surface area contributed by atoms with Crippen LogP contribution in [0.2, 0.25) is 0 Å². The van der Waals surface area contributed by atoms with Crippen molar-refractivity contribution in [2.45, 2.75) is 9.79 Å². The van der Waals surface area contributed by atoms with Crippen LogP contribution in [0.3, 0.4) is 0 Å². The van der Waals surface area contributed by atoms with Gasteiger partial charge in [-0.25, -0.2) is 28.8 Å². The maximum absolute atomic E-state index is 12.8. The van der Waals surface area contributed by atoms with Gasteiger partial charge in [-0.3, -0.25) is 9.11 Å². The molecule has 0 atom stereocenters. The first-order valence-corrected chi connectivity index (χ1v) is 20.5. The van der Waals surface area contributed by atoms with E-state index in [9.17, 15) is 25.9 Å². The fourth-order valence-corrected chi connectivity index (χ4v) is 7.94. The van der Waals surface area contributed by atoms with Crippen molar-refractivity contribution in [3.63, 3.8) is 0 Å². The number of halogens is 2.